The average Bonchev–Trinajstić information content (AvgIpc) is 2.33. The van der Waals surface area contributed by atoms with Crippen molar-refractivity contribution in [3.05, 3.63) is 28.3 Å². The van der Waals surface area contributed by atoms with Crippen LogP contribution in [0.25, 0.3) is 0 Å². The summed E-state index contributed by atoms with van der Waals surface area (Å²) >= 11 is 6.01. The Morgan fingerprint density at radius 2 is 1.84 bits per heavy atom. The minimum atomic E-state index is -1.11. The second-order valence-electron chi connectivity index (χ2n) is 3.91. The molecule has 7 heteroatoms. The first kappa shape index (κ1) is 15.1. The lowest BCUT2D eigenvalue weighted by atomic mass is 10.1. The fourth-order valence-electron chi connectivity index (χ4n) is 1.39. The zero-order valence-electron chi connectivity index (χ0n) is 10.6. The zero-order valence-corrected chi connectivity index (χ0v) is 11.4. The van der Waals surface area contributed by atoms with Crippen LogP contribution < -0.4 is 15.4 Å². The number of carbonyl (C=O) groups excluding carboxylic acids is 1. The number of carboxylic acid groups (broad SMARTS) is 1. The van der Waals surface area contributed by atoms with Gasteiger partial charge in [0.05, 0.1) is 0 Å². The van der Waals surface area contributed by atoms with Crippen molar-refractivity contribution in [1.29, 1.82) is 0 Å². The van der Waals surface area contributed by atoms with E-state index in [9.17, 15) is 9.59 Å². The summed E-state index contributed by atoms with van der Waals surface area (Å²) in [5.41, 5.74) is 1.76. The summed E-state index contributed by atoms with van der Waals surface area (Å²) in [4.78, 5) is 21.4. The lowest BCUT2D eigenvalue weighted by Gasteiger charge is -2.11. The van der Waals surface area contributed by atoms with Crippen LogP contribution in [0.4, 0.5) is 4.79 Å². The molecule has 0 radical (unpaired) electrons. The second-order valence-corrected chi connectivity index (χ2v) is 4.29. The van der Waals surface area contributed by atoms with Crippen LogP contribution in [0, 0.1) is 13.8 Å². The standard InChI is InChI=1S/C12H15ClN2O4/c1-7-3-9(4-8(2)11(7)13)19-6-15-12(18)14-5-10(16)17/h3-4H,5-6H2,1-2H3,(H,16,17)(H2,14,15,18). The Balaban J connectivity index is 2.41. The summed E-state index contributed by atoms with van der Waals surface area (Å²) in [6, 6.07) is 2.91. The monoisotopic (exact) mass is 286 g/mol. The zero-order chi connectivity index (χ0) is 14.4. The summed E-state index contributed by atoms with van der Waals surface area (Å²) in [5.74, 6) is -0.530. The van der Waals surface area contributed by atoms with Crippen molar-refractivity contribution in [1.82, 2.24) is 10.6 Å². The normalized spacial score (nSPS) is 9.84. The smallest absolute Gasteiger partial charge is 0.323 e. The molecule has 0 spiro atoms. The van der Waals surface area contributed by atoms with E-state index in [1.807, 2.05) is 13.8 Å². The number of ether oxygens (including phenoxy) is 1. The second kappa shape index (κ2) is 6.84. The van der Waals surface area contributed by atoms with E-state index in [-0.39, 0.29) is 6.73 Å². The average molecular weight is 287 g/mol. The van der Waals surface area contributed by atoms with Crippen molar-refractivity contribution in [2.45, 2.75) is 13.8 Å². The number of halogens is 1. The summed E-state index contributed by atoms with van der Waals surface area (Å²) in [6.07, 6.45) is 0. The van der Waals surface area contributed by atoms with Crippen LogP contribution in [0.15, 0.2) is 12.1 Å². The minimum Gasteiger partial charge on any atom is -0.480 e. The van der Waals surface area contributed by atoms with Gasteiger partial charge in [0.2, 0.25) is 0 Å². The molecular formula is C12H15ClN2O4. The molecule has 0 aliphatic heterocycles. The van der Waals surface area contributed by atoms with E-state index in [1.54, 1.807) is 12.1 Å². The highest BCUT2D eigenvalue weighted by molar-refractivity contribution is 6.32. The van der Waals surface area contributed by atoms with Gasteiger partial charge in [0.1, 0.15) is 12.3 Å². The van der Waals surface area contributed by atoms with Gasteiger partial charge in [-0.1, -0.05) is 11.6 Å². The first-order chi connectivity index (χ1) is 8.90. The van der Waals surface area contributed by atoms with Crippen LogP contribution in [0.3, 0.4) is 0 Å². The third-order valence-corrected chi connectivity index (χ3v) is 2.88. The predicted octanol–water partition coefficient (Wildman–Crippen LogP) is 1.68. The fourth-order valence-corrected chi connectivity index (χ4v) is 1.50. The molecule has 0 aliphatic rings. The Labute approximate surface area is 115 Å². The predicted molar refractivity (Wildman–Crippen MR) is 70.6 cm³/mol. The highest BCUT2D eigenvalue weighted by Gasteiger charge is 2.05. The van der Waals surface area contributed by atoms with E-state index >= 15 is 0 Å². The Morgan fingerprint density at radius 1 is 1.26 bits per heavy atom. The third kappa shape index (κ3) is 5.05. The molecule has 0 bridgehead atoms. The molecule has 0 aliphatic carbocycles. The molecular weight excluding hydrogens is 272 g/mol. The minimum absolute atomic E-state index is 0.0635. The molecule has 1 rings (SSSR count). The van der Waals surface area contributed by atoms with Crippen LogP contribution in [0.2, 0.25) is 5.02 Å². The van der Waals surface area contributed by atoms with E-state index in [2.05, 4.69) is 10.6 Å². The van der Waals surface area contributed by atoms with Crippen LogP contribution >= 0.6 is 11.6 Å². The van der Waals surface area contributed by atoms with Gasteiger partial charge in [0.15, 0.2) is 6.73 Å². The SMILES string of the molecule is Cc1cc(OCNC(=O)NCC(=O)O)cc(C)c1Cl. The van der Waals surface area contributed by atoms with E-state index in [1.165, 1.54) is 0 Å². The summed E-state index contributed by atoms with van der Waals surface area (Å²) < 4.78 is 5.32. The number of hydrogen-bond donors (Lipinski definition) is 3. The maximum atomic E-state index is 11.1. The van der Waals surface area contributed by atoms with Gasteiger partial charge in [0.25, 0.3) is 0 Å². The highest BCUT2D eigenvalue weighted by atomic mass is 35.5. The first-order valence-corrected chi connectivity index (χ1v) is 5.91. The summed E-state index contributed by atoms with van der Waals surface area (Å²) in [7, 11) is 0. The Bertz CT molecular complexity index is 468. The molecule has 2 amide bonds. The molecule has 104 valence electrons. The number of carbonyl (C=O) groups is 2. The van der Waals surface area contributed by atoms with Crippen LogP contribution in [-0.4, -0.2) is 30.4 Å². The maximum Gasteiger partial charge on any atom is 0.323 e. The van der Waals surface area contributed by atoms with Crippen molar-refractivity contribution in [3.63, 3.8) is 0 Å². The Hall–Kier alpha value is -1.95. The topological polar surface area (TPSA) is 87.7 Å². The van der Waals surface area contributed by atoms with Crippen LogP contribution in [0.5, 0.6) is 5.75 Å². The van der Waals surface area contributed by atoms with E-state index < -0.39 is 18.5 Å². The van der Waals surface area contributed by atoms with Crippen molar-refractivity contribution in [2.75, 3.05) is 13.3 Å². The van der Waals surface area contributed by atoms with Gasteiger partial charge in [-0.05, 0) is 37.1 Å². The Kier molecular flexibility index (Phi) is 5.44. The maximum absolute atomic E-state index is 11.1. The van der Waals surface area contributed by atoms with Crippen LogP contribution in [-0.2, 0) is 4.79 Å². The van der Waals surface area contributed by atoms with Crippen molar-refractivity contribution < 1.29 is 19.4 Å². The molecule has 3 N–H and O–H groups in total. The van der Waals surface area contributed by atoms with Crippen molar-refractivity contribution in [3.8, 4) is 5.75 Å². The summed E-state index contributed by atoms with van der Waals surface area (Å²) in [5, 5.41) is 13.6. The van der Waals surface area contributed by atoms with Gasteiger partial charge in [-0.3, -0.25) is 4.79 Å². The lowest BCUT2D eigenvalue weighted by Crippen LogP contribution is -2.40. The highest BCUT2D eigenvalue weighted by Crippen LogP contribution is 2.25. The van der Waals surface area contributed by atoms with E-state index in [0.717, 1.165) is 11.1 Å². The first-order valence-electron chi connectivity index (χ1n) is 5.53. The molecule has 1 aromatic carbocycles. The molecule has 0 atom stereocenters. The molecule has 6 nitrogen and oxygen atoms in total. The molecule has 0 saturated carbocycles. The van der Waals surface area contributed by atoms with Gasteiger partial charge >= 0.3 is 12.0 Å². The number of aryl methyl sites for hydroxylation is 2. The Morgan fingerprint density at radius 3 is 2.37 bits per heavy atom. The molecule has 0 saturated heterocycles. The number of hydrogen-bond acceptors (Lipinski definition) is 3. The molecule has 1 aromatic rings. The molecule has 19 heavy (non-hydrogen) atoms. The van der Waals surface area contributed by atoms with Gasteiger partial charge in [-0.25, -0.2) is 4.79 Å². The molecule has 0 aromatic heterocycles. The van der Waals surface area contributed by atoms with Gasteiger partial charge in [0, 0.05) is 5.02 Å². The number of nitrogens with one attached hydrogen (secondary N) is 2. The third-order valence-electron chi connectivity index (χ3n) is 2.28. The largest absolute Gasteiger partial charge is 0.480 e. The van der Waals surface area contributed by atoms with Gasteiger partial charge < -0.3 is 20.5 Å². The molecule has 0 heterocycles. The van der Waals surface area contributed by atoms with E-state index in [0.29, 0.717) is 10.8 Å². The van der Waals surface area contributed by atoms with E-state index in [4.69, 9.17) is 21.4 Å². The number of benzene rings is 1. The van der Waals surface area contributed by atoms with Crippen molar-refractivity contribution in [2.24, 2.45) is 0 Å². The lowest BCUT2D eigenvalue weighted by molar-refractivity contribution is -0.135. The number of rotatable bonds is 5. The van der Waals surface area contributed by atoms with Gasteiger partial charge in [-0.15, -0.1) is 0 Å². The number of amides is 2. The molecule has 0 unspecified atom stereocenters. The summed E-state index contributed by atoms with van der Waals surface area (Å²) in [6.45, 7) is 3.21. The number of urea groups is 1. The number of aliphatic carboxylic acids is 1. The number of carboxylic acids is 1. The van der Waals surface area contributed by atoms with Crippen LogP contribution in [0.1, 0.15) is 11.1 Å². The fraction of sp³-hybridized carbons (Fsp3) is 0.333. The van der Waals surface area contributed by atoms with Crippen molar-refractivity contribution >= 4 is 23.6 Å². The van der Waals surface area contributed by atoms with Gasteiger partial charge in [-0.2, -0.15) is 0 Å². The quantitative estimate of drug-likeness (QED) is 0.719. The molecule has 0 fully saturated rings.